The predicted octanol–water partition coefficient (Wildman–Crippen LogP) is 3.39. The van der Waals surface area contributed by atoms with Gasteiger partial charge in [0.1, 0.15) is 5.82 Å². The average molecular weight is 223 g/mol. The van der Waals surface area contributed by atoms with Gasteiger partial charge in [-0.25, -0.2) is 4.39 Å². The highest BCUT2D eigenvalue weighted by atomic mass is 19.1. The Morgan fingerprint density at radius 1 is 1.06 bits per heavy atom. The molecule has 0 fully saturated rings. The van der Waals surface area contributed by atoms with Crippen molar-refractivity contribution in [3.05, 3.63) is 35.6 Å². The van der Waals surface area contributed by atoms with Gasteiger partial charge in [0.05, 0.1) is 0 Å². The van der Waals surface area contributed by atoms with Gasteiger partial charge in [-0.3, -0.25) is 0 Å². The van der Waals surface area contributed by atoms with Crippen LogP contribution in [0, 0.1) is 11.7 Å². The Bertz CT molecular complexity index is 303. The third-order valence-corrected chi connectivity index (χ3v) is 2.72. The highest BCUT2D eigenvalue weighted by Crippen LogP contribution is 2.11. The molecule has 0 saturated carbocycles. The van der Waals surface area contributed by atoms with Crippen LogP contribution < -0.4 is 5.32 Å². The summed E-state index contributed by atoms with van der Waals surface area (Å²) in [7, 11) is 0. The zero-order valence-electron chi connectivity index (χ0n) is 10.6. The molecule has 0 heterocycles. The first-order valence-electron chi connectivity index (χ1n) is 5.99. The largest absolute Gasteiger partial charge is 0.311 e. The molecule has 1 nitrogen and oxygen atoms in total. The molecule has 0 amide bonds. The van der Waals surface area contributed by atoms with E-state index in [9.17, 15) is 4.39 Å². The van der Waals surface area contributed by atoms with Gasteiger partial charge in [0.2, 0.25) is 0 Å². The summed E-state index contributed by atoms with van der Waals surface area (Å²) in [5.74, 6) is 0.411. The van der Waals surface area contributed by atoms with Crippen molar-refractivity contribution in [1.29, 1.82) is 0 Å². The van der Waals surface area contributed by atoms with E-state index in [4.69, 9.17) is 0 Å². The summed E-state index contributed by atoms with van der Waals surface area (Å²) in [6, 6.07) is 7.72. The van der Waals surface area contributed by atoms with Crippen LogP contribution in [0.25, 0.3) is 0 Å². The minimum Gasteiger partial charge on any atom is -0.311 e. The van der Waals surface area contributed by atoms with E-state index in [1.807, 2.05) is 12.1 Å². The van der Waals surface area contributed by atoms with E-state index in [1.54, 1.807) is 0 Å². The fourth-order valence-corrected chi connectivity index (χ4v) is 1.79. The predicted molar refractivity (Wildman–Crippen MR) is 67.0 cm³/mol. The summed E-state index contributed by atoms with van der Waals surface area (Å²) in [5.41, 5.74) is 1.19. The minimum atomic E-state index is -0.165. The lowest BCUT2D eigenvalue weighted by Gasteiger charge is -2.25. The first kappa shape index (κ1) is 13.2. The van der Waals surface area contributed by atoms with Crippen molar-refractivity contribution in [2.24, 2.45) is 5.92 Å². The molecule has 0 aliphatic rings. The molecule has 0 aliphatic carbocycles. The van der Waals surface area contributed by atoms with Crippen LogP contribution in [0.3, 0.4) is 0 Å². The fourth-order valence-electron chi connectivity index (χ4n) is 1.79. The van der Waals surface area contributed by atoms with E-state index < -0.39 is 0 Å². The van der Waals surface area contributed by atoms with E-state index in [1.165, 1.54) is 17.7 Å². The van der Waals surface area contributed by atoms with E-state index in [0.29, 0.717) is 18.0 Å². The Labute approximate surface area is 98.1 Å². The molecule has 16 heavy (non-hydrogen) atoms. The monoisotopic (exact) mass is 223 g/mol. The van der Waals surface area contributed by atoms with Crippen LogP contribution in [0.1, 0.15) is 33.3 Å². The first-order valence-corrected chi connectivity index (χ1v) is 5.99. The molecule has 2 heteroatoms. The molecule has 0 aliphatic heterocycles. The van der Waals surface area contributed by atoms with Crippen molar-refractivity contribution in [3.63, 3.8) is 0 Å². The van der Waals surface area contributed by atoms with Crippen LogP contribution in [0.5, 0.6) is 0 Å². The summed E-state index contributed by atoms with van der Waals surface area (Å²) >= 11 is 0. The van der Waals surface area contributed by atoms with Crippen molar-refractivity contribution in [1.82, 2.24) is 5.32 Å². The molecule has 1 unspecified atom stereocenters. The Kier molecular flexibility index (Phi) is 4.94. The lowest BCUT2D eigenvalue weighted by Crippen LogP contribution is -2.40. The maximum absolute atomic E-state index is 12.8. The summed E-state index contributed by atoms with van der Waals surface area (Å²) in [4.78, 5) is 0. The third kappa shape index (κ3) is 4.31. The van der Waals surface area contributed by atoms with Gasteiger partial charge in [-0.05, 0) is 30.0 Å². The molecule has 90 valence electrons. The number of hydrogen-bond acceptors (Lipinski definition) is 1. The van der Waals surface area contributed by atoms with Gasteiger partial charge in [0, 0.05) is 12.1 Å². The summed E-state index contributed by atoms with van der Waals surface area (Å²) in [6.07, 6.45) is 0.954. The lowest BCUT2D eigenvalue weighted by molar-refractivity contribution is 0.368. The summed E-state index contributed by atoms with van der Waals surface area (Å²) in [5, 5.41) is 3.55. The quantitative estimate of drug-likeness (QED) is 0.806. The van der Waals surface area contributed by atoms with Crippen molar-refractivity contribution in [3.8, 4) is 0 Å². The van der Waals surface area contributed by atoms with E-state index >= 15 is 0 Å². The standard InChI is InChI=1S/C14H22FN/c1-10(2)14(16-11(3)4)9-12-5-7-13(15)8-6-12/h5-8,10-11,14,16H,9H2,1-4H3. The molecule has 1 atom stereocenters. The molecule has 1 aromatic carbocycles. The van der Waals surface area contributed by atoms with Gasteiger partial charge >= 0.3 is 0 Å². The van der Waals surface area contributed by atoms with Gasteiger partial charge in [0.25, 0.3) is 0 Å². The molecule has 1 rings (SSSR count). The number of halogens is 1. The zero-order chi connectivity index (χ0) is 12.1. The normalized spacial score (nSPS) is 13.4. The molecule has 1 aromatic rings. The second kappa shape index (κ2) is 6.00. The van der Waals surface area contributed by atoms with Crippen LogP contribution in [-0.2, 0) is 6.42 Å². The average Bonchev–Trinajstić information content (AvgIpc) is 2.19. The van der Waals surface area contributed by atoms with Crippen molar-refractivity contribution >= 4 is 0 Å². The number of hydrogen-bond donors (Lipinski definition) is 1. The highest BCUT2D eigenvalue weighted by molar-refractivity contribution is 5.17. The molecule has 0 spiro atoms. The van der Waals surface area contributed by atoms with E-state index in [0.717, 1.165) is 6.42 Å². The smallest absolute Gasteiger partial charge is 0.123 e. The lowest BCUT2D eigenvalue weighted by atomic mass is 9.96. The van der Waals surface area contributed by atoms with Crippen molar-refractivity contribution < 1.29 is 4.39 Å². The SMILES string of the molecule is CC(C)NC(Cc1ccc(F)cc1)C(C)C. The zero-order valence-corrected chi connectivity index (χ0v) is 10.6. The number of rotatable bonds is 5. The topological polar surface area (TPSA) is 12.0 Å². The van der Waals surface area contributed by atoms with Crippen LogP contribution in [0.2, 0.25) is 0 Å². The fraction of sp³-hybridized carbons (Fsp3) is 0.571. The summed E-state index contributed by atoms with van der Waals surface area (Å²) < 4.78 is 12.8. The minimum absolute atomic E-state index is 0.165. The first-order chi connectivity index (χ1) is 7.49. The van der Waals surface area contributed by atoms with Crippen molar-refractivity contribution in [2.75, 3.05) is 0 Å². The molecule has 0 saturated heterocycles. The maximum atomic E-state index is 12.8. The van der Waals surface area contributed by atoms with E-state index in [2.05, 4.69) is 33.0 Å². The van der Waals surface area contributed by atoms with Gasteiger partial charge in [-0.2, -0.15) is 0 Å². The molecular weight excluding hydrogens is 201 g/mol. The molecule has 0 aromatic heterocycles. The highest BCUT2D eigenvalue weighted by Gasteiger charge is 2.14. The molecule has 0 bridgehead atoms. The second-order valence-electron chi connectivity index (χ2n) is 5.00. The molecule has 0 radical (unpaired) electrons. The molecule has 1 N–H and O–H groups in total. The van der Waals surface area contributed by atoms with Crippen LogP contribution in [0.4, 0.5) is 4.39 Å². The van der Waals surface area contributed by atoms with Crippen LogP contribution in [-0.4, -0.2) is 12.1 Å². The Morgan fingerprint density at radius 2 is 1.62 bits per heavy atom. The van der Waals surface area contributed by atoms with Gasteiger partial charge in [0.15, 0.2) is 0 Å². The number of benzene rings is 1. The Hall–Kier alpha value is -0.890. The van der Waals surface area contributed by atoms with Crippen LogP contribution >= 0.6 is 0 Å². The van der Waals surface area contributed by atoms with Crippen LogP contribution in [0.15, 0.2) is 24.3 Å². The van der Waals surface area contributed by atoms with Gasteiger partial charge in [-0.1, -0.05) is 39.8 Å². The number of nitrogens with one attached hydrogen (secondary N) is 1. The Balaban J connectivity index is 2.64. The summed E-state index contributed by atoms with van der Waals surface area (Å²) in [6.45, 7) is 8.73. The van der Waals surface area contributed by atoms with Crippen molar-refractivity contribution in [2.45, 2.75) is 46.2 Å². The van der Waals surface area contributed by atoms with E-state index in [-0.39, 0.29) is 5.82 Å². The third-order valence-electron chi connectivity index (χ3n) is 2.72. The van der Waals surface area contributed by atoms with Gasteiger partial charge in [-0.15, -0.1) is 0 Å². The Morgan fingerprint density at radius 3 is 2.06 bits per heavy atom. The second-order valence-corrected chi connectivity index (χ2v) is 5.00. The van der Waals surface area contributed by atoms with Gasteiger partial charge < -0.3 is 5.32 Å². The maximum Gasteiger partial charge on any atom is 0.123 e. The molecular formula is C14H22FN.